The van der Waals surface area contributed by atoms with Gasteiger partial charge in [-0.15, -0.1) is 24.0 Å². The minimum atomic E-state index is -0.500. The van der Waals surface area contributed by atoms with Crippen LogP contribution in [-0.2, 0) is 31.4 Å². The van der Waals surface area contributed by atoms with Crippen molar-refractivity contribution in [1.29, 1.82) is 0 Å². The maximum Gasteiger partial charge on any atom is 0.410 e. The van der Waals surface area contributed by atoms with Crippen molar-refractivity contribution in [3.05, 3.63) is 47.5 Å². The van der Waals surface area contributed by atoms with Crippen LogP contribution in [0, 0.1) is 0 Å². The summed E-state index contributed by atoms with van der Waals surface area (Å²) in [5, 5.41) is 10.5. The Morgan fingerprint density at radius 2 is 1.77 bits per heavy atom. The van der Waals surface area contributed by atoms with E-state index in [9.17, 15) is 4.79 Å². The molecule has 9 nitrogen and oxygen atoms in total. The Kier molecular flexibility index (Phi) is 10.0. The number of carbonyl (C=O) groups is 1. The molecule has 0 aliphatic carbocycles. The van der Waals surface area contributed by atoms with Gasteiger partial charge in [0.25, 0.3) is 0 Å². The molecule has 0 aliphatic heterocycles. The van der Waals surface area contributed by atoms with Crippen LogP contribution in [-0.4, -0.2) is 51.4 Å². The molecule has 1 aromatic heterocycles. The highest BCUT2D eigenvalue weighted by molar-refractivity contribution is 14.0. The second kappa shape index (κ2) is 11.7. The van der Waals surface area contributed by atoms with Gasteiger partial charge in [-0.3, -0.25) is 9.67 Å². The fraction of sp³-hybridized carbons (Fsp3) is 0.500. The summed E-state index contributed by atoms with van der Waals surface area (Å²) in [5.41, 5.74) is 1.64. The summed E-state index contributed by atoms with van der Waals surface area (Å²) >= 11 is 0. The van der Waals surface area contributed by atoms with E-state index >= 15 is 0 Å². The average Bonchev–Trinajstić information content (AvgIpc) is 3.06. The molecule has 1 heterocycles. The van der Waals surface area contributed by atoms with Crippen molar-refractivity contribution in [3.63, 3.8) is 0 Å². The van der Waals surface area contributed by atoms with Gasteiger partial charge in [0.2, 0.25) is 0 Å². The van der Waals surface area contributed by atoms with E-state index in [1.165, 1.54) is 6.33 Å². The first-order valence-electron chi connectivity index (χ1n) is 9.47. The predicted molar refractivity (Wildman–Crippen MR) is 128 cm³/mol. The lowest BCUT2D eigenvalue weighted by molar-refractivity contribution is 0.0285. The van der Waals surface area contributed by atoms with Crippen LogP contribution >= 0.6 is 24.0 Å². The first-order chi connectivity index (χ1) is 13.7. The Morgan fingerprint density at radius 1 is 1.17 bits per heavy atom. The quantitative estimate of drug-likeness (QED) is 0.340. The van der Waals surface area contributed by atoms with Gasteiger partial charge in [-0.2, -0.15) is 5.10 Å². The molecule has 2 rings (SSSR count). The van der Waals surface area contributed by atoms with E-state index in [1.54, 1.807) is 23.7 Å². The lowest BCUT2D eigenvalue weighted by Crippen LogP contribution is -2.37. The highest BCUT2D eigenvalue weighted by Crippen LogP contribution is 2.12. The number of aryl methyl sites for hydroxylation is 1. The van der Waals surface area contributed by atoms with E-state index in [2.05, 4.69) is 25.7 Å². The Morgan fingerprint density at radius 3 is 2.30 bits per heavy atom. The van der Waals surface area contributed by atoms with Crippen LogP contribution in [0.15, 0.2) is 35.6 Å². The number of guanidine groups is 1. The van der Waals surface area contributed by atoms with Crippen LogP contribution in [0.5, 0.6) is 0 Å². The molecule has 10 heteroatoms. The molecule has 0 spiro atoms. The highest BCUT2D eigenvalue weighted by Gasteiger charge is 2.19. The number of benzene rings is 1. The number of rotatable bonds is 6. The second-order valence-electron chi connectivity index (χ2n) is 7.73. The Hall–Kier alpha value is -2.37. The van der Waals surface area contributed by atoms with Crippen molar-refractivity contribution in [3.8, 4) is 0 Å². The molecule has 1 amide bonds. The van der Waals surface area contributed by atoms with Crippen LogP contribution in [0.4, 0.5) is 4.79 Å². The first kappa shape index (κ1) is 25.7. The smallest absolute Gasteiger partial charge is 0.410 e. The number of hydrogen-bond acceptors (Lipinski definition) is 5. The number of nitrogens with zero attached hydrogens (tertiary/aromatic N) is 5. The van der Waals surface area contributed by atoms with Crippen molar-refractivity contribution in [2.45, 2.75) is 46.0 Å². The summed E-state index contributed by atoms with van der Waals surface area (Å²) in [6, 6.07) is 8.07. The number of carbonyl (C=O) groups excluding carboxylic acids is 1. The fourth-order valence-corrected chi connectivity index (χ4v) is 2.49. The van der Waals surface area contributed by atoms with Gasteiger partial charge in [-0.25, -0.2) is 9.78 Å². The third kappa shape index (κ3) is 8.56. The van der Waals surface area contributed by atoms with Gasteiger partial charge in [0, 0.05) is 34.2 Å². The third-order valence-electron chi connectivity index (χ3n) is 4.05. The largest absolute Gasteiger partial charge is 0.444 e. The number of ether oxygens (including phenoxy) is 1. The molecular weight excluding hydrogens is 497 g/mol. The first-order valence-corrected chi connectivity index (χ1v) is 9.47. The minimum absolute atomic E-state index is 0. The van der Waals surface area contributed by atoms with Gasteiger partial charge in [0.1, 0.15) is 17.8 Å². The molecular formula is C20H32IN7O2. The van der Waals surface area contributed by atoms with E-state index in [0.717, 1.165) is 17.0 Å². The number of amides is 1. The number of aromatic nitrogens is 3. The molecule has 2 aromatic rings. The molecule has 0 atom stereocenters. The zero-order valence-electron chi connectivity index (χ0n) is 18.5. The summed E-state index contributed by atoms with van der Waals surface area (Å²) in [5.74, 6) is 1.51. The third-order valence-corrected chi connectivity index (χ3v) is 4.05. The van der Waals surface area contributed by atoms with Gasteiger partial charge >= 0.3 is 6.09 Å². The van der Waals surface area contributed by atoms with Gasteiger partial charge in [-0.05, 0) is 31.9 Å². The van der Waals surface area contributed by atoms with Crippen LogP contribution < -0.4 is 10.6 Å². The van der Waals surface area contributed by atoms with Crippen molar-refractivity contribution in [1.82, 2.24) is 30.3 Å². The summed E-state index contributed by atoms with van der Waals surface area (Å²) in [7, 11) is 5.31. The van der Waals surface area contributed by atoms with Gasteiger partial charge in [0.15, 0.2) is 5.96 Å². The van der Waals surface area contributed by atoms with E-state index in [1.807, 2.05) is 52.1 Å². The van der Waals surface area contributed by atoms with E-state index < -0.39 is 5.60 Å². The molecule has 0 unspecified atom stereocenters. The summed E-state index contributed by atoms with van der Waals surface area (Å²) < 4.78 is 7.09. The topological polar surface area (TPSA) is 96.7 Å². The Labute approximate surface area is 195 Å². The predicted octanol–water partition coefficient (Wildman–Crippen LogP) is 2.67. The molecule has 166 valence electrons. The average molecular weight is 529 g/mol. The van der Waals surface area contributed by atoms with Crippen LogP contribution in [0.2, 0.25) is 0 Å². The van der Waals surface area contributed by atoms with E-state index in [4.69, 9.17) is 4.74 Å². The summed E-state index contributed by atoms with van der Waals surface area (Å²) in [4.78, 5) is 22.0. The normalized spacial score (nSPS) is 11.5. The summed E-state index contributed by atoms with van der Waals surface area (Å²) in [6.45, 7) is 7.22. The fourth-order valence-electron chi connectivity index (χ4n) is 2.49. The number of halogens is 1. The van der Waals surface area contributed by atoms with Crippen molar-refractivity contribution >= 4 is 36.0 Å². The zero-order valence-corrected chi connectivity index (χ0v) is 20.8. The number of aliphatic imine (C=N–C) groups is 1. The molecule has 0 aliphatic rings. The van der Waals surface area contributed by atoms with Crippen molar-refractivity contribution in [2.75, 3.05) is 14.1 Å². The SMILES string of the molecule is CN=C(NCc1ccc(CN(C)C(=O)OC(C)(C)C)cc1)NCc1ncnn1C.I. The number of hydrogen-bond donors (Lipinski definition) is 2. The Balaban J connectivity index is 0.00000450. The lowest BCUT2D eigenvalue weighted by atomic mass is 10.1. The molecule has 30 heavy (non-hydrogen) atoms. The van der Waals surface area contributed by atoms with Gasteiger partial charge < -0.3 is 20.3 Å². The highest BCUT2D eigenvalue weighted by atomic mass is 127. The Bertz CT molecular complexity index is 828. The summed E-state index contributed by atoms with van der Waals surface area (Å²) in [6.07, 6.45) is 1.19. The molecule has 2 N–H and O–H groups in total. The minimum Gasteiger partial charge on any atom is -0.444 e. The molecule has 0 saturated heterocycles. The van der Waals surface area contributed by atoms with Crippen LogP contribution in [0.3, 0.4) is 0 Å². The standard InChI is InChI=1S/C20H31N7O2.HI/c1-20(2,3)29-19(28)26(5)13-16-9-7-15(8-10-16)11-22-18(21-4)23-12-17-24-14-25-27(17)6;/h7-10,14H,11-13H2,1-6H3,(H2,21,22,23);1H. The molecule has 0 radical (unpaired) electrons. The van der Waals surface area contributed by atoms with Gasteiger partial charge in [0.05, 0.1) is 6.54 Å². The zero-order chi connectivity index (χ0) is 21.4. The van der Waals surface area contributed by atoms with Crippen LogP contribution in [0.25, 0.3) is 0 Å². The van der Waals surface area contributed by atoms with E-state index in [0.29, 0.717) is 25.6 Å². The van der Waals surface area contributed by atoms with Crippen molar-refractivity contribution < 1.29 is 9.53 Å². The molecule has 0 saturated carbocycles. The molecule has 0 bridgehead atoms. The van der Waals surface area contributed by atoms with Crippen molar-refractivity contribution in [2.24, 2.45) is 12.0 Å². The molecule has 1 aromatic carbocycles. The maximum atomic E-state index is 12.1. The second-order valence-corrected chi connectivity index (χ2v) is 7.73. The maximum absolute atomic E-state index is 12.1. The monoisotopic (exact) mass is 529 g/mol. The molecule has 0 fully saturated rings. The van der Waals surface area contributed by atoms with E-state index in [-0.39, 0.29) is 30.1 Å². The number of nitrogens with one attached hydrogen (secondary N) is 2. The lowest BCUT2D eigenvalue weighted by Gasteiger charge is -2.24. The van der Waals surface area contributed by atoms with Gasteiger partial charge in [-0.1, -0.05) is 24.3 Å². The van der Waals surface area contributed by atoms with Crippen LogP contribution in [0.1, 0.15) is 37.7 Å².